The van der Waals surface area contributed by atoms with E-state index in [1.807, 2.05) is 0 Å². The summed E-state index contributed by atoms with van der Waals surface area (Å²) in [5.74, 6) is -5.06. The fourth-order valence-corrected chi connectivity index (χ4v) is 3.99. The van der Waals surface area contributed by atoms with Crippen LogP contribution in [0.3, 0.4) is 0 Å². The molecule has 0 aliphatic carbocycles. The summed E-state index contributed by atoms with van der Waals surface area (Å²) in [6.07, 6.45) is 2.11. The Hall–Kier alpha value is -3.53. The number of carboxylic acids is 1. The maximum absolute atomic E-state index is 12.2. The van der Waals surface area contributed by atoms with Crippen molar-refractivity contribution in [2.24, 2.45) is 0 Å². The van der Waals surface area contributed by atoms with Gasteiger partial charge in [0, 0.05) is 44.6 Å². The smallest absolute Gasteiger partial charge is 0.329 e. The van der Waals surface area contributed by atoms with Crippen molar-refractivity contribution in [1.29, 1.82) is 0 Å². The third kappa shape index (κ3) is 20.9. The summed E-state index contributed by atoms with van der Waals surface area (Å²) < 4.78 is 57.5. The molecule has 0 bridgehead atoms. The molecule has 20 heteroatoms. The zero-order valence-corrected chi connectivity index (χ0v) is 25.4. The fraction of sp³-hybridized carbons (Fsp3) is 0.680. The van der Waals surface area contributed by atoms with Crippen molar-refractivity contribution < 1.29 is 70.5 Å². The van der Waals surface area contributed by atoms with Crippen LogP contribution in [0.25, 0.3) is 0 Å². The Morgan fingerprint density at radius 2 is 1.24 bits per heavy atom. The van der Waals surface area contributed by atoms with Crippen LogP contribution in [0.2, 0.25) is 0 Å². The zero-order valence-electron chi connectivity index (χ0n) is 24.6. The Morgan fingerprint density at radius 3 is 1.80 bits per heavy atom. The molecule has 0 unspecified atom stereocenters. The lowest BCUT2D eigenvalue weighted by atomic mass is 10.3. The highest BCUT2D eigenvalue weighted by molar-refractivity contribution is 7.85. The number of hydrogen-bond donors (Lipinski definition) is 5. The largest absolute Gasteiger partial charge is 0.480 e. The van der Waals surface area contributed by atoms with Gasteiger partial charge in [0.15, 0.2) is 0 Å². The summed E-state index contributed by atoms with van der Waals surface area (Å²) >= 11 is 0. The first-order chi connectivity index (χ1) is 21.4. The van der Waals surface area contributed by atoms with Crippen molar-refractivity contribution in [3.05, 3.63) is 12.2 Å². The van der Waals surface area contributed by atoms with E-state index < -0.39 is 58.1 Å². The fourth-order valence-electron chi connectivity index (χ4n) is 3.33. The van der Waals surface area contributed by atoms with E-state index in [0.717, 1.165) is 17.1 Å². The Balaban J connectivity index is 1.99. The minimum Gasteiger partial charge on any atom is -0.480 e. The van der Waals surface area contributed by atoms with E-state index >= 15 is 0 Å². The summed E-state index contributed by atoms with van der Waals surface area (Å²) in [6.45, 7) is 1.07. The van der Waals surface area contributed by atoms with E-state index in [2.05, 4.69) is 16.0 Å². The standard InChI is InChI=1S/C25H40N4O15S/c30-20(3-7-29-22(32)1-2-23(29)33)26-5-9-41-12-14-43-16-15-42-13-11-40-8-4-21(31)28-19(18-45(37,38)39)25(36)27-6-10-44-17-24(34)35/h1-2,19H,3-18H2,(H,26,30)(H,27,36)(H,28,31)(H,34,35)(H,37,38,39)/t19-/m0/s1. The number of aliphatic carboxylic acids is 1. The number of imide groups is 1. The van der Waals surface area contributed by atoms with Crippen molar-refractivity contribution in [1.82, 2.24) is 20.9 Å². The van der Waals surface area contributed by atoms with Crippen LogP contribution in [0, 0.1) is 0 Å². The molecule has 0 radical (unpaired) electrons. The number of nitrogens with one attached hydrogen (secondary N) is 3. The number of ether oxygens (including phenoxy) is 5. The van der Waals surface area contributed by atoms with Gasteiger partial charge in [0.05, 0.1) is 59.5 Å². The van der Waals surface area contributed by atoms with Crippen LogP contribution in [0.5, 0.6) is 0 Å². The number of hydrogen-bond acceptors (Lipinski definition) is 13. The first-order valence-corrected chi connectivity index (χ1v) is 15.4. The number of amides is 5. The van der Waals surface area contributed by atoms with Gasteiger partial charge in [-0.2, -0.15) is 8.42 Å². The molecule has 19 nitrogen and oxygen atoms in total. The normalized spacial score (nSPS) is 13.6. The average molecular weight is 669 g/mol. The molecule has 5 N–H and O–H groups in total. The molecule has 1 aliphatic rings. The molecule has 1 atom stereocenters. The number of rotatable bonds is 27. The molecule has 45 heavy (non-hydrogen) atoms. The van der Waals surface area contributed by atoms with Crippen LogP contribution < -0.4 is 16.0 Å². The summed E-state index contributed by atoms with van der Waals surface area (Å²) in [6, 6.07) is -1.59. The molecule has 0 aromatic rings. The third-order valence-corrected chi connectivity index (χ3v) is 6.18. The molecule has 5 amide bonds. The summed E-state index contributed by atoms with van der Waals surface area (Å²) in [5.41, 5.74) is 0. The van der Waals surface area contributed by atoms with Gasteiger partial charge in [-0.25, -0.2) is 4.79 Å². The van der Waals surface area contributed by atoms with Crippen molar-refractivity contribution >= 4 is 45.6 Å². The molecule has 256 valence electrons. The summed E-state index contributed by atoms with van der Waals surface area (Å²) in [4.78, 5) is 70.3. The van der Waals surface area contributed by atoms with Crippen LogP contribution in [0.1, 0.15) is 12.8 Å². The second-order valence-electron chi connectivity index (χ2n) is 9.07. The minimum absolute atomic E-state index is 0.000508. The summed E-state index contributed by atoms with van der Waals surface area (Å²) in [7, 11) is -4.60. The Morgan fingerprint density at radius 1 is 0.733 bits per heavy atom. The SMILES string of the molecule is O=C(O)COCCNC(=O)[C@H](CS(=O)(=O)O)NC(=O)CCOCCOCCOCCOCCNC(=O)CCN1C(=O)C=CC1=O. The van der Waals surface area contributed by atoms with Gasteiger partial charge in [-0.3, -0.25) is 33.4 Å². The van der Waals surface area contributed by atoms with Gasteiger partial charge in [-0.1, -0.05) is 0 Å². The van der Waals surface area contributed by atoms with Gasteiger partial charge in [0.1, 0.15) is 18.4 Å². The Labute approximate surface area is 259 Å². The lowest BCUT2D eigenvalue weighted by Gasteiger charge is -2.17. The van der Waals surface area contributed by atoms with Crippen LogP contribution in [-0.2, 0) is 62.6 Å². The first-order valence-electron chi connectivity index (χ1n) is 13.8. The quantitative estimate of drug-likeness (QED) is 0.0323. The predicted molar refractivity (Wildman–Crippen MR) is 151 cm³/mol. The monoisotopic (exact) mass is 668 g/mol. The molecule has 0 saturated heterocycles. The first kappa shape index (κ1) is 39.5. The van der Waals surface area contributed by atoms with Gasteiger partial charge in [-0.05, 0) is 0 Å². The van der Waals surface area contributed by atoms with Crippen molar-refractivity contribution in [3.63, 3.8) is 0 Å². The molecule has 0 saturated carbocycles. The molecule has 0 aromatic carbocycles. The van der Waals surface area contributed by atoms with E-state index in [9.17, 15) is 37.2 Å². The van der Waals surface area contributed by atoms with Crippen LogP contribution in [0.15, 0.2) is 12.2 Å². The maximum atomic E-state index is 12.2. The Bertz CT molecular complexity index is 1100. The number of carboxylic acid groups (broad SMARTS) is 1. The topological polar surface area (TPSA) is 262 Å². The highest BCUT2D eigenvalue weighted by Gasteiger charge is 2.26. The zero-order chi connectivity index (χ0) is 33.5. The van der Waals surface area contributed by atoms with E-state index in [1.165, 1.54) is 0 Å². The van der Waals surface area contributed by atoms with Crippen LogP contribution >= 0.6 is 0 Å². The van der Waals surface area contributed by atoms with Crippen molar-refractivity contribution in [2.45, 2.75) is 18.9 Å². The van der Waals surface area contributed by atoms with Gasteiger partial charge < -0.3 is 44.7 Å². The molecular formula is C25H40N4O15S. The molecule has 1 rings (SSSR count). The van der Waals surface area contributed by atoms with Gasteiger partial charge >= 0.3 is 5.97 Å². The predicted octanol–water partition coefficient (Wildman–Crippen LogP) is -3.54. The van der Waals surface area contributed by atoms with Crippen LogP contribution in [-0.4, -0.2) is 156 Å². The number of carbonyl (C=O) groups excluding carboxylic acids is 5. The minimum atomic E-state index is -4.60. The van der Waals surface area contributed by atoms with E-state index in [1.54, 1.807) is 0 Å². The second-order valence-corrected chi connectivity index (χ2v) is 10.6. The van der Waals surface area contributed by atoms with Gasteiger partial charge in [-0.15, -0.1) is 0 Å². The van der Waals surface area contributed by atoms with Gasteiger partial charge in [0.25, 0.3) is 21.9 Å². The van der Waals surface area contributed by atoms with Crippen molar-refractivity contribution in [3.8, 4) is 0 Å². The lowest BCUT2D eigenvalue weighted by molar-refractivity contribution is -0.142. The molecule has 0 fully saturated rings. The lowest BCUT2D eigenvalue weighted by Crippen LogP contribution is -2.51. The van der Waals surface area contributed by atoms with Crippen molar-refractivity contribution in [2.75, 3.05) is 91.5 Å². The molecule has 0 aromatic heterocycles. The van der Waals surface area contributed by atoms with E-state index in [4.69, 9.17) is 33.3 Å². The molecule has 1 heterocycles. The number of nitrogens with zero attached hydrogens (tertiary/aromatic N) is 1. The molecular weight excluding hydrogens is 628 g/mol. The van der Waals surface area contributed by atoms with E-state index in [-0.39, 0.29) is 91.2 Å². The van der Waals surface area contributed by atoms with Gasteiger partial charge in [0.2, 0.25) is 17.7 Å². The maximum Gasteiger partial charge on any atom is 0.329 e. The third-order valence-electron chi connectivity index (χ3n) is 5.42. The van der Waals surface area contributed by atoms with E-state index in [0.29, 0.717) is 6.61 Å². The molecule has 1 aliphatic heterocycles. The highest BCUT2D eigenvalue weighted by Crippen LogP contribution is 2.04. The molecule has 0 spiro atoms. The second kappa shape index (κ2) is 22.9. The average Bonchev–Trinajstić information content (AvgIpc) is 3.28. The Kier molecular flexibility index (Phi) is 20.1. The van der Waals surface area contributed by atoms with Crippen LogP contribution in [0.4, 0.5) is 0 Å². The number of carbonyl (C=O) groups is 6. The highest BCUT2D eigenvalue weighted by atomic mass is 32.2. The summed E-state index contributed by atoms with van der Waals surface area (Å²) in [5, 5.41) is 15.6.